The molecule has 1 aromatic rings. The molecule has 1 aliphatic rings. The van der Waals surface area contributed by atoms with E-state index in [0.29, 0.717) is 12.1 Å². The zero-order valence-corrected chi connectivity index (χ0v) is 12.6. The highest BCUT2D eigenvalue weighted by Gasteiger charge is 2.25. The fourth-order valence-electron chi connectivity index (χ4n) is 3.14. The van der Waals surface area contributed by atoms with Crippen molar-refractivity contribution in [2.24, 2.45) is 5.73 Å². The van der Waals surface area contributed by atoms with E-state index >= 15 is 0 Å². The second kappa shape index (κ2) is 6.76. The average Bonchev–Trinajstić information content (AvgIpc) is 2.46. The molecule has 0 aromatic heterocycles. The molecule has 1 fully saturated rings. The molecule has 0 spiro atoms. The molecule has 3 heteroatoms. The molecular formula is C17H25N3. The first-order chi connectivity index (χ1) is 9.65. The Kier molecular flexibility index (Phi) is 5.03. The summed E-state index contributed by atoms with van der Waals surface area (Å²) in [5.74, 6) is 0. The van der Waals surface area contributed by atoms with Gasteiger partial charge in [0.25, 0.3) is 0 Å². The van der Waals surface area contributed by atoms with E-state index in [1.54, 1.807) is 0 Å². The van der Waals surface area contributed by atoms with E-state index < -0.39 is 0 Å². The SMILES string of the molecule is CCCN(c1ccc(C)cc1C#N)C1CCC(N)CC1. The Morgan fingerprint density at radius 1 is 1.30 bits per heavy atom. The number of benzene rings is 1. The lowest BCUT2D eigenvalue weighted by atomic mass is 9.90. The predicted octanol–water partition coefficient (Wildman–Crippen LogP) is 3.35. The first-order valence-corrected chi connectivity index (χ1v) is 7.68. The molecule has 1 saturated carbocycles. The van der Waals surface area contributed by atoms with Crippen molar-refractivity contribution in [3.05, 3.63) is 29.3 Å². The fourth-order valence-corrected chi connectivity index (χ4v) is 3.14. The van der Waals surface area contributed by atoms with Gasteiger partial charge in [-0.05, 0) is 56.7 Å². The van der Waals surface area contributed by atoms with Crippen LogP contribution >= 0.6 is 0 Å². The zero-order valence-electron chi connectivity index (χ0n) is 12.6. The van der Waals surface area contributed by atoms with Crippen molar-refractivity contribution < 1.29 is 0 Å². The van der Waals surface area contributed by atoms with Gasteiger partial charge in [-0.2, -0.15) is 5.26 Å². The maximum absolute atomic E-state index is 9.40. The van der Waals surface area contributed by atoms with Crippen LogP contribution in [0.25, 0.3) is 0 Å². The van der Waals surface area contributed by atoms with Crippen molar-refractivity contribution in [1.29, 1.82) is 5.26 Å². The van der Waals surface area contributed by atoms with Crippen LogP contribution in [-0.2, 0) is 0 Å². The summed E-state index contributed by atoms with van der Waals surface area (Å²) in [5, 5.41) is 9.40. The second-order valence-electron chi connectivity index (χ2n) is 5.89. The number of aryl methyl sites for hydroxylation is 1. The van der Waals surface area contributed by atoms with Crippen LogP contribution in [0.3, 0.4) is 0 Å². The first kappa shape index (κ1) is 14.9. The lowest BCUT2D eigenvalue weighted by Crippen LogP contribution is -2.41. The van der Waals surface area contributed by atoms with Crippen molar-refractivity contribution >= 4 is 5.69 Å². The monoisotopic (exact) mass is 271 g/mol. The lowest BCUT2D eigenvalue weighted by Gasteiger charge is -2.38. The molecule has 20 heavy (non-hydrogen) atoms. The smallest absolute Gasteiger partial charge is 0.101 e. The maximum Gasteiger partial charge on any atom is 0.101 e. The Hall–Kier alpha value is -1.53. The number of rotatable bonds is 4. The summed E-state index contributed by atoms with van der Waals surface area (Å²) < 4.78 is 0. The molecule has 3 nitrogen and oxygen atoms in total. The normalized spacial score (nSPS) is 22.3. The van der Waals surface area contributed by atoms with Crippen LogP contribution in [-0.4, -0.2) is 18.6 Å². The Labute approximate surface area is 122 Å². The quantitative estimate of drug-likeness (QED) is 0.913. The van der Waals surface area contributed by atoms with Crippen LogP contribution in [0, 0.1) is 18.3 Å². The van der Waals surface area contributed by atoms with Gasteiger partial charge in [-0.15, -0.1) is 0 Å². The van der Waals surface area contributed by atoms with Crippen LogP contribution in [0.15, 0.2) is 18.2 Å². The van der Waals surface area contributed by atoms with E-state index in [0.717, 1.165) is 55.5 Å². The summed E-state index contributed by atoms with van der Waals surface area (Å²) in [7, 11) is 0. The number of anilines is 1. The highest BCUT2D eigenvalue weighted by molar-refractivity contribution is 5.61. The van der Waals surface area contributed by atoms with Gasteiger partial charge in [0, 0.05) is 18.6 Å². The highest BCUT2D eigenvalue weighted by atomic mass is 15.2. The van der Waals surface area contributed by atoms with Crippen molar-refractivity contribution in [3.8, 4) is 6.07 Å². The van der Waals surface area contributed by atoms with E-state index in [4.69, 9.17) is 5.73 Å². The van der Waals surface area contributed by atoms with E-state index in [2.05, 4.69) is 30.0 Å². The molecule has 2 rings (SSSR count). The van der Waals surface area contributed by atoms with Crippen molar-refractivity contribution in [1.82, 2.24) is 0 Å². The third-order valence-electron chi connectivity index (χ3n) is 4.23. The summed E-state index contributed by atoms with van der Waals surface area (Å²) in [6.45, 7) is 5.24. The minimum atomic E-state index is 0.364. The molecule has 0 saturated heterocycles. The zero-order chi connectivity index (χ0) is 14.5. The molecule has 2 N–H and O–H groups in total. The van der Waals surface area contributed by atoms with Gasteiger partial charge in [-0.25, -0.2) is 0 Å². The summed E-state index contributed by atoms with van der Waals surface area (Å²) in [5.41, 5.74) is 9.06. The third-order valence-corrected chi connectivity index (χ3v) is 4.23. The fraction of sp³-hybridized carbons (Fsp3) is 0.588. The number of nitrogens with zero attached hydrogens (tertiary/aromatic N) is 2. The van der Waals surface area contributed by atoms with E-state index in [1.807, 2.05) is 13.0 Å². The second-order valence-corrected chi connectivity index (χ2v) is 5.89. The molecule has 0 radical (unpaired) electrons. The first-order valence-electron chi connectivity index (χ1n) is 7.68. The van der Waals surface area contributed by atoms with Crippen molar-refractivity contribution in [2.45, 2.75) is 58.0 Å². The Morgan fingerprint density at radius 2 is 2.00 bits per heavy atom. The van der Waals surface area contributed by atoms with Crippen LogP contribution < -0.4 is 10.6 Å². The standard InChI is InChI=1S/C17H25N3/c1-3-10-20(16-7-5-15(19)6-8-16)17-9-4-13(2)11-14(17)12-18/h4,9,11,15-16H,3,5-8,10,19H2,1-2H3. The third kappa shape index (κ3) is 3.32. The molecule has 1 aromatic carbocycles. The number of nitrogens with two attached hydrogens (primary N) is 1. The van der Waals surface area contributed by atoms with Crippen molar-refractivity contribution in [3.63, 3.8) is 0 Å². The minimum absolute atomic E-state index is 0.364. The topological polar surface area (TPSA) is 53.0 Å². The van der Waals surface area contributed by atoms with Crippen molar-refractivity contribution in [2.75, 3.05) is 11.4 Å². The molecule has 0 aliphatic heterocycles. The van der Waals surface area contributed by atoms with E-state index in [1.165, 1.54) is 0 Å². The predicted molar refractivity (Wildman–Crippen MR) is 83.8 cm³/mol. The van der Waals surface area contributed by atoms with Crippen LogP contribution in [0.2, 0.25) is 0 Å². The Morgan fingerprint density at radius 3 is 2.60 bits per heavy atom. The van der Waals surface area contributed by atoms with Crippen LogP contribution in [0.4, 0.5) is 5.69 Å². The average molecular weight is 271 g/mol. The maximum atomic E-state index is 9.40. The minimum Gasteiger partial charge on any atom is -0.367 e. The molecule has 108 valence electrons. The van der Waals surface area contributed by atoms with E-state index in [-0.39, 0.29) is 0 Å². The van der Waals surface area contributed by atoms with Crippen LogP contribution in [0.5, 0.6) is 0 Å². The van der Waals surface area contributed by atoms with E-state index in [9.17, 15) is 5.26 Å². The lowest BCUT2D eigenvalue weighted by molar-refractivity contribution is 0.375. The van der Waals surface area contributed by atoms with Gasteiger partial charge >= 0.3 is 0 Å². The molecule has 0 amide bonds. The molecule has 1 aliphatic carbocycles. The Bertz CT molecular complexity index is 481. The van der Waals surface area contributed by atoms with Gasteiger partial charge in [0.05, 0.1) is 11.3 Å². The number of hydrogen-bond donors (Lipinski definition) is 1. The molecule has 0 atom stereocenters. The largest absolute Gasteiger partial charge is 0.367 e. The van der Waals surface area contributed by atoms with Gasteiger partial charge in [-0.1, -0.05) is 13.0 Å². The van der Waals surface area contributed by atoms with Gasteiger partial charge in [0.2, 0.25) is 0 Å². The van der Waals surface area contributed by atoms with Gasteiger partial charge in [-0.3, -0.25) is 0 Å². The van der Waals surface area contributed by atoms with Gasteiger partial charge in [0.15, 0.2) is 0 Å². The summed E-state index contributed by atoms with van der Waals surface area (Å²) in [4.78, 5) is 2.43. The van der Waals surface area contributed by atoms with Gasteiger partial charge < -0.3 is 10.6 Å². The summed E-state index contributed by atoms with van der Waals surface area (Å²) in [6, 6.07) is 9.46. The summed E-state index contributed by atoms with van der Waals surface area (Å²) in [6.07, 6.45) is 5.57. The number of hydrogen-bond acceptors (Lipinski definition) is 3. The van der Waals surface area contributed by atoms with Gasteiger partial charge in [0.1, 0.15) is 6.07 Å². The molecule has 0 unspecified atom stereocenters. The number of nitriles is 1. The van der Waals surface area contributed by atoms with Crippen LogP contribution in [0.1, 0.15) is 50.2 Å². The highest BCUT2D eigenvalue weighted by Crippen LogP contribution is 2.30. The molecular weight excluding hydrogens is 246 g/mol. The molecule has 0 bridgehead atoms. The Balaban J connectivity index is 2.26. The molecule has 0 heterocycles. The summed E-state index contributed by atoms with van der Waals surface area (Å²) >= 11 is 0.